The molecule has 3 N–H and O–H groups in total. The lowest BCUT2D eigenvalue weighted by molar-refractivity contribution is 0.123. The molecule has 1 saturated carbocycles. The molecule has 2 aromatic heterocycles. The Balaban J connectivity index is 1.56. The van der Waals surface area contributed by atoms with Crippen molar-refractivity contribution < 1.29 is 5.11 Å². The fourth-order valence-corrected chi connectivity index (χ4v) is 3.82. The molecule has 3 atom stereocenters. The molecule has 0 bridgehead atoms. The molecule has 3 heterocycles. The summed E-state index contributed by atoms with van der Waals surface area (Å²) in [6, 6.07) is 0. The lowest BCUT2D eigenvalue weighted by Crippen LogP contribution is -2.25. The topological polar surface area (TPSA) is 93.1 Å². The number of hydrogen-bond donors (Lipinski definition) is 2. The molecule has 1 saturated heterocycles. The summed E-state index contributed by atoms with van der Waals surface area (Å²) in [5.41, 5.74) is 6.77. The average molecular weight is 288 g/mol. The molecule has 2 fully saturated rings. The van der Waals surface area contributed by atoms with Crippen molar-refractivity contribution in [2.24, 2.45) is 18.9 Å². The van der Waals surface area contributed by atoms with E-state index in [1.807, 2.05) is 7.05 Å². The third-order valence-electron chi connectivity index (χ3n) is 4.93. The van der Waals surface area contributed by atoms with Crippen LogP contribution in [-0.2, 0) is 13.6 Å². The molecule has 1 aliphatic heterocycles. The number of likely N-dealkylation sites (tertiary alicyclic amines) is 1. The smallest absolute Gasteiger partial charge is 0.163 e. The quantitative estimate of drug-likeness (QED) is 0.817. The van der Waals surface area contributed by atoms with Crippen molar-refractivity contribution in [2.45, 2.75) is 25.5 Å². The number of fused-ring (bicyclic) bond motifs is 2. The molecule has 4 rings (SSSR count). The lowest BCUT2D eigenvalue weighted by atomic mass is 10.00. The molecule has 3 unspecified atom stereocenters. The van der Waals surface area contributed by atoms with Gasteiger partial charge in [0.2, 0.25) is 0 Å². The highest BCUT2D eigenvalue weighted by molar-refractivity contribution is 5.84. The van der Waals surface area contributed by atoms with Gasteiger partial charge in [0.25, 0.3) is 0 Å². The highest BCUT2D eigenvalue weighted by Crippen LogP contribution is 2.38. The second-order valence-electron chi connectivity index (χ2n) is 6.29. The van der Waals surface area contributed by atoms with Crippen molar-refractivity contribution in [1.29, 1.82) is 0 Å². The van der Waals surface area contributed by atoms with Crippen LogP contribution in [0.2, 0.25) is 0 Å². The molecule has 0 radical (unpaired) electrons. The summed E-state index contributed by atoms with van der Waals surface area (Å²) < 4.78 is 1.72. The molecular formula is C14H20N6O. The predicted molar refractivity (Wildman–Crippen MR) is 78.2 cm³/mol. The zero-order chi connectivity index (χ0) is 14.6. The Kier molecular flexibility index (Phi) is 2.87. The van der Waals surface area contributed by atoms with Gasteiger partial charge < -0.3 is 10.8 Å². The van der Waals surface area contributed by atoms with Gasteiger partial charge in [-0.3, -0.25) is 9.58 Å². The van der Waals surface area contributed by atoms with Crippen LogP contribution in [0.15, 0.2) is 6.20 Å². The number of aliphatic hydroxyl groups excluding tert-OH is 1. The van der Waals surface area contributed by atoms with Crippen LogP contribution in [0.1, 0.15) is 18.7 Å². The SMILES string of the molecule is Cn1ncc2c(N)nc(CN3CC4CCC(O)C4C3)nc21. The van der Waals surface area contributed by atoms with Gasteiger partial charge in [0.05, 0.1) is 24.2 Å². The first-order chi connectivity index (χ1) is 10.1. The fourth-order valence-electron chi connectivity index (χ4n) is 3.82. The summed E-state index contributed by atoms with van der Waals surface area (Å²) in [5, 5.41) is 15.0. The number of rotatable bonds is 2. The summed E-state index contributed by atoms with van der Waals surface area (Å²) in [6.07, 6.45) is 3.65. The molecular weight excluding hydrogens is 268 g/mol. The summed E-state index contributed by atoms with van der Waals surface area (Å²) in [6.45, 7) is 2.64. The number of aliphatic hydroxyl groups is 1. The first-order valence-corrected chi connectivity index (χ1v) is 7.46. The van der Waals surface area contributed by atoms with Gasteiger partial charge in [-0.05, 0) is 18.8 Å². The van der Waals surface area contributed by atoms with E-state index < -0.39 is 0 Å². The van der Waals surface area contributed by atoms with E-state index in [0.717, 1.165) is 42.8 Å². The molecule has 2 aromatic rings. The van der Waals surface area contributed by atoms with Crippen molar-refractivity contribution in [3.05, 3.63) is 12.0 Å². The van der Waals surface area contributed by atoms with Crippen LogP contribution in [0.25, 0.3) is 11.0 Å². The van der Waals surface area contributed by atoms with Crippen LogP contribution in [-0.4, -0.2) is 48.9 Å². The van der Waals surface area contributed by atoms with Crippen LogP contribution < -0.4 is 5.73 Å². The molecule has 21 heavy (non-hydrogen) atoms. The molecule has 0 aromatic carbocycles. The number of nitrogen functional groups attached to an aromatic ring is 1. The van der Waals surface area contributed by atoms with Crippen molar-refractivity contribution in [1.82, 2.24) is 24.6 Å². The Morgan fingerprint density at radius 2 is 2.19 bits per heavy atom. The molecule has 112 valence electrons. The van der Waals surface area contributed by atoms with E-state index in [0.29, 0.717) is 24.2 Å². The Labute approximate surface area is 122 Å². The number of aryl methyl sites for hydroxylation is 1. The first kappa shape index (κ1) is 13.0. The highest BCUT2D eigenvalue weighted by Gasteiger charge is 2.41. The number of aromatic nitrogens is 4. The minimum atomic E-state index is -0.134. The minimum absolute atomic E-state index is 0.134. The predicted octanol–water partition coefficient (Wildman–Crippen LogP) is 0.148. The Bertz CT molecular complexity index is 683. The second-order valence-corrected chi connectivity index (χ2v) is 6.29. The van der Waals surface area contributed by atoms with Crippen LogP contribution in [0.3, 0.4) is 0 Å². The van der Waals surface area contributed by atoms with Gasteiger partial charge in [-0.2, -0.15) is 5.10 Å². The standard InChI is InChI=1S/C14H20N6O/c1-19-14-9(4-16-19)13(15)17-12(18-14)7-20-5-8-2-3-11(21)10(8)6-20/h4,8,10-11,21H,2-3,5-7H2,1H3,(H2,15,17,18). The van der Waals surface area contributed by atoms with E-state index in [9.17, 15) is 5.11 Å². The van der Waals surface area contributed by atoms with E-state index in [4.69, 9.17) is 5.73 Å². The van der Waals surface area contributed by atoms with Gasteiger partial charge in [-0.15, -0.1) is 0 Å². The number of nitrogens with zero attached hydrogens (tertiary/aromatic N) is 5. The van der Waals surface area contributed by atoms with Crippen LogP contribution in [0.4, 0.5) is 5.82 Å². The lowest BCUT2D eigenvalue weighted by Gasteiger charge is -2.17. The zero-order valence-electron chi connectivity index (χ0n) is 12.1. The molecule has 0 spiro atoms. The molecule has 0 amide bonds. The molecule has 7 heteroatoms. The number of anilines is 1. The van der Waals surface area contributed by atoms with Crippen molar-refractivity contribution in [3.8, 4) is 0 Å². The maximum Gasteiger partial charge on any atom is 0.163 e. The fraction of sp³-hybridized carbons (Fsp3) is 0.643. The van der Waals surface area contributed by atoms with E-state index in [1.165, 1.54) is 0 Å². The average Bonchev–Trinajstić information content (AvgIpc) is 3.09. The van der Waals surface area contributed by atoms with Crippen molar-refractivity contribution in [3.63, 3.8) is 0 Å². The Morgan fingerprint density at radius 3 is 3.00 bits per heavy atom. The monoisotopic (exact) mass is 288 g/mol. The largest absolute Gasteiger partial charge is 0.393 e. The van der Waals surface area contributed by atoms with Gasteiger partial charge in [-0.25, -0.2) is 9.97 Å². The Morgan fingerprint density at radius 1 is 1.33 bits per heavy atom. The normalized spacial score (nSPS) is 29.3. The number of hydrogen-bond acceptors (Lipinski definition) is 6. The molecule has 7 nitrogen and oxygen atoms in total. The van der Waals surface area contributed by atoms with Crippen molar-refractivity contribution in [2.75, 3.05) is 18.8 Å². The highest BCUT2D eigenvalue weighted by atomic mass is 16.3. The molecule has 1 aliphatic carbocycles. The van der Waals surface area contributed by atoms with Crippen LogP contribution >= 0.6 is 0 Å². The Hall–Kier alpha value is -1.73. The van der Waals surface area contributed by atoms with E-state index >= 15 is 0 Å². The van der Waals surface area contributed by atoms with E-state index in [1.54, 1.807) is 10.9 Å². The third-order valence-corrected chi connectivity index (χ3v) is 4.93. The second kappa shape index (κ2) is 4.64. The molecule has 2 aliphatic rings. The third kappa shape index (κ3) is 2.08. The van der Waals surface area contributed by atoms with Crippen molar-refractivity contribution >= 4 is 16.9 Å². The van der Waals surface area contributed by atoms with Gasteiger partial charge in [0.1, 0.15) is 11.6 Å². The summed E-state index contributed by atoms with van der Waals surface area (Å²) >= 11 is 0. The maximum absolute atomic E-state index is 9.99. The minimum Gasteiger partial charge on any atom is -0.393 e. The van der Waals surface area contributed by atoms with Crippen LogP contribution in [0, 0.1) is 11.8 Å². The van der Waals surface area contributed by atoms with E-state index in [2.05, 4.69) is 20.0 Å². The first-order valence-electron chi connectivity index (χ1n) is 7.46. The van der Waals surface area contributed by atoms with E-state index in [-0.39, 0.29) is 6.10 Å². The van der Waals surface area contributed by atoms with Gasteiger partial charge in [0.15, 0.2) is 5.65 Å². The summed E-state index contributed by atoms with van der Waals surface area (Å²) in [5.74, 6) is 2.26. The van der Waals surface area contributed by atoms with Gasteiger partial charge >= 0.3 is 0 Å². The van der Waals surface area contributed by atoms with Gasteiger partial charge in [0, 0.05) is 26.1 Å². The van der Waals surface area contributed by atoms with Crippen LogP contribution in [0.5, 0.6) is 0 Å². The summed E-state index contributed by atoms with van der Waals surface area (Å²) in [7, 11) is 1.86. The zero-order valence-corrected chi connectivity index (χ0v) is 12.1. The summed E-state index contributed by atoms with van der Waals surface area (Å²) in [4.78, 5) is 11.3. The van der Waals surface area contributed by atoms with Gasteiger partial charge in [-0.1, -0.05) is 0 Å². The number of nitrogens with two attached hydrogens (primary N) is 1. The maximum atomic E-state index is 9.99.